The Morgan fingerprint density at radius 2 is 2.23 bits per heavy atom. The van der Waals surface area contributed by atoms with Crippen molar-refractivity contribution in [1.29, 1.82) is 5.26 Å². The molecule has 0 bridgehead atoms. The summed E-state index contributed by atoms with van der Waals surface area (Å²) in [4.78, 5) is 0. The first-order valence-electron chi connectivity index (χ1n) is 4.90. The van der Waals surface area contributed by atoms with Crippen LogP contribution in [0.5, 0.6) is 0 Å². The van der Waals surface area contributed by atoms with E-state index in [0.29, 0.717) is 11.7 Å². The number of nitriles is 1. The molecule has 1 aromatic rings. The van der Waals surface area contributed by atoms with Crippen LogP contribution in [0.15, 0.2) is 0 Å². The molecular formula is C10H11N3. The minimum absolute atomic E-state index is 0.619. The van der Waals surface area contributed by atoms with Crippen LogP contribution in [0.3, 0.4) is 0 Å². The van der Waals surface area contributed by atoms with Gasteiger partial charge >= 0.3 is 0 Å². The van der Waals surface area contributed by atoms with Crippen LogP contribution in [-0.4, -0.2) is 9.78 Å². The van der Waals surface area contributed by atoms with E-state index >= 15 is 0 Å². The van der Waals surface area contributed by atoms with Crippen molar-refractivity contribution in [3.8, 4) is 6.07 Å². The van der Waals surface area contributed by atoms with Crippen molar-refractivity contribution in [2.24, 2.45) is 0 Å². The van der Waals surface area contributed by atoms with Gasteiger partial charge in [0.25, 0.3) is 0 Å². The quantitative estimate of drug-likeness (QED) is 0.647. The molecular weight excluding hydrogens is 162 g/mol. The standard InChI is InChI=1S/C10H11N3/c11-6-9-8-2-1-3-10(8)13(12-9)7-4-5-7/h7H,1-5H2. The predicted molar refractivity (Wildman–Crippen MR) is 47.2 cm³/mol. The molecule has 1 aromatic heterocycles. The van der Waals surface area contributed by atoms with Crippen molar-refractivity contribution in [2.75, 3.05) is 0 Å². The summed E-state index contributed by atoms with van der Waals surface area (Å²) in [5, 5.41) is 13.3. The van der Waals surface area contributed by atoms with Crippen molar-refractivity contribution >= 4 is 0 Å². The fraction of sp³-hybridized carbons (Fsp3) is 0.600. The van der Waals surface area contributed by atoms with Crippen molar-refractivity contribution in [3.05, 3.63) is 17.0 Å². The predicted octanol–water partition coefficient (Wildman–Crippen LogP) is 1.58. The van der Waals surface area contributed by atoms with Gasteiger partial charge < -0.3 is 0 Å². The Morgan fingerprint density at radius 3 is 2.92 bits per heavy atom. The molecule has 0 saturated heterocycles. The number of hydrogen-bond acceptors (Lipinski definition) is 2. The number of nitrogens with zero attached hydrogens (tertiary/aromatic N) is 3. The van der Waals surface area contributed by atoms with Crippen LogP contribution in [0.1, 0.15) is 42.3 Å². The van der Waals surface area contributed by atoms with Crippen LogP contribution in [0.4, 0.5) is 0 Å². The fourth-order valence-electron chi connectivity index (χ4n) is 2.18. The monoisotopic (exact) mass is 173 g/mol. The Morgan fingerprint density at radius 1 is 1.38 bits per heavy atom. The molecule has 0 aromatic carbocycles. The molecule has 3 nitrogen and oxygen atoms in total. The lowest BCUT2D eigenvalue weighted by molar-refractivity contribution is 0.603. The van der Waals surface area contributed by atoms with Gasteiger partial charge in [0.2, 0.25) is 0 Å². The van der Waals surface area contributed by atoms with Gasteiger partial charge in [0.15, 0.2) is 5.69 Å². The Bertz CT molecular complexity index is 393. The highest BCUT2D eigenvalue weighted by atomic mass is 15.3. The molecule has 66 valence electrons. The Kier molecular flexibility index (Phi) is 1.29. The molecule has 2 aliphatic rings. The minimum atomic E-state index is 0.619. The van der Waals surface area contributed by atoms with Gasteiger partial charge in [-0.05, 0) is 32.1 Å². The summed E-state index contributed by atoms with van der Waals surface area (Å²) in [5.41, 5.74) is 3.26. The fourth-order valence-corrected chi connectivity index (χ4v) is 2.18. The summed E-state index contributed by atoms with van der Waals surface area (Å²) in [6.07, 6.45) is 5.89. The van der Waals surface area contributed by atoms with E-state index in [-0.39, 0.29) is 0 Å². The summed E-state index contributed by atoms with van der Waals surface area (Å²) < 4.78 is 2.11. The van der Waals surface area contributed by atoms with Crippen LogP contribution in [-0.2, 0) is 12.8 Å². The first-order valence-corrected chi connectivity index (χ1v) is 4.90. The maximum Gasteiger partial charge on any atom is 0.165 e. The molecule has 0 radical (unpaired) electrons. The summed E-state index contributed by atoms with van der Waals surface area (Å²) in [5.74, 6) is 0. The van der Waals surface area contributed by atoms with Gasteiger partial charge in [-0.3, -0.25) is 4.68 Å². The van der Waals surface area contributed by atoms with Crippen molar-refractivity contribution in [2.45, 2.75) is 38.1 Å². The smallest absolute Gasteiger partial charge is 0.165 e. The highest BCUT2D eigenvalue weighted by Crippen LogP contribution is 2.38. The van der Waals surface area contributed by atoms with E-state index < -0.39 is 0 Å². The summed E-state index contributed by atoms with van der Waals surface area (Å²) in [7, 11) is 0. The van der Waals surface area contributed by atoms with Crippen molar-refractivity contribution < 1.29 is 0 Å². The van der Waals surface area contributed by atoms with Crippen LogP contribution in [0.2, 0.25) is 0 Å². The molecule has 1 saturated carbocycles. The van der Waals surface area contributed by atoms with Gasteiger partial charge in [0.05, 0.1) is 6.04 Å². The molecule has 0 atom stereocenters. The van der Waals surface area contributed by atoms with Crippen LogP contribution in [0, 0.1) is 11.3 Å². The Balaban J connectivity index is 2.16. The highest BCUT2D eigenvalue weighted by Gasteiger charge is 2.31. The van der Waals surface area contributed by atoms with E-state index in [9.17, 15) is 0 Å². The summed E-state index contributed by atoms with van der Waals surface area (Å²) in [6.45, 7) is 0. The first kappa shape index (κ1) is 7.14. The Hall–Kier alpha value is -1.30. The van der Waals surface area contributed by atoms with E-state index in [1.54, 1.807) is 0 Å². The average molecular weight is 173 g/mol. The molecule has 0 aliphatic heterocycles. The van der Waals surface area contributed by atoms with E-state index in [1.807, 2.05) is 0 Å². The lowest BCUT2D eigenvalue weighted by Crippen LogP contribution is -2.01. The maximum atomic E-state index is 8.89. The zero-order valence-electron chi connectivity index (χ0n) is 7.45. The second-order valence-electron chi connectivity index (χ2n) is 3.91. The molecule has 13 heavy (non-hydrogen) atoms. The molecule has 0 amide bonds. The van der Waals surface area contributed by atoms with Crippen LogP contribution < -0.4 is 0 Å². The lowest BCUT2D eigenvalue weighted by Gasteiger charge is -2.00. The minimum Gasteiger partial charge on any atom is -0.265 e. The number of aromatic nitrogens is 2. The number of hydrogen-bond donors (Lipinski definition) is 0. The number of rotatable bonds is 1. The number of fused-ring (bicyclic) bond motifs is 1. The second kappa shape index (κ2) is 2.35. The normalized spacial score (nSPS) is 19.9. The second-order valence-corrected chi connectivity index (χ2v) is 3.91. The molecule has 1 heterocycles. The van der Waals surface area contributed by atoms with Gasteiger partial charge in [-0.15, -0.1) is 0 Å². The third-order valence-electron chi connectivity index (χ3n) is 2.96. The van der Waals surface area contributed by atoms with Gasteiger partial charge in [-0.2, -0.15) is 10.4 Å². The Labute approximate surface area is 77.0 Å². The third kappa shape index (κ3) is 0.918. The topological polar surface area (TPSA) is 41.6 Å². The van der Waals surface area contributed by atoms with Gasteiger partial charge in [-0.1, -0.05) is 0 Å². The zero-order chi connectivity index (χ0) is 8.84. The molecule has 0 spiro atoms. The lowest BCUT2D eigenvalue weighted by atomic mass is 10.2. The molecule has 3 heteroatoms. The SMILES string of the molecule is N#Cc1nn(C2CC2)c2c1CCC2. The van der Waals surface area contributed by atoms with Crippen molar-refractivity contribution in [1.82, 2.24) is 9.78 Å². The van der Waals surface area contributed by atoms with E-state index in [2.05, 4.69) is 15.8 Å². The zero-order valence-corrected chi connectivity index (χ0v) is 7.45. The maximum absolute atomic E-state index is 8.89. The molecule has 3 rings (SSSR count). The first-order chi connectivity index (χ1) is 6.40. The molecule has 2 aliphatic carbocycles. The van der Waals surface area contributed by atoms with Gasteiger partial charge in [-0.25, -0.2) is 0 Å². The van der Waals surface area contributed by atoms with E-state index in [1.165, 1.54) is 30.5 Å². The average Bonchev–Trinajstić information content (AvgIpc) is 2.77. The van der Waals surface area contributed by atoms with Gasteiger partial charge in [0.1, 0.15) is 6.07 Å². The summed E-state index contributed by atoms with van der Waals surface area (Å²) in [6, 6.07) is 2.82. The van der Waals surface area contributed by atoms with E-state index in [0.717, 1.165) is 12.8 Å². The third-order valence-corrected chi connectivity index (χ3v) is 2.96. The largest absolute Gasteiger partial charge is 0.265 e. The van der Waals surface area contributed by atoms with Gasteiger partial charge in [0, 0.05) is 11.3 Å². The molecule has 1 fully saturated rings. The molecule has 0 unspecified atom stereocenters. The summed E-state index contributed by atoms with van der Waals surface area (Å²) >= 11 is 0. The van der Waals surface area contributed by atoms with E-state index in [4.69, 9.17) is 5.26 Å². The van der Waals surface area contributed by atoms with Crippen molar-refractivity contribution in [3.63, 3.8) is 0 Å². The highest BCUT2D eigenvalue weighted by molar-refractivity contribution is 5.38. The van der Waals surface area contributed by atoms with Crippen LogP contribution >= 0.6 is 0 Å². The van der Waals surface area contributed by atoms with Crippen LogP contribution in [0.25, 0.3) is 0 Å². The molecule has 0 N–H and O–H groups in total.